The molecule has 0 aliphatic carbocycles. The van der Waals surface area contributed by atoms with Crippen molar-refractivity contribution in [3.8, 4) is 0 Å². The van der Waals surface area contributed by atoms with Gasteiger partial charge in [-0.25, -0.2) is 0 Å². The van der Waals surface area contributed by atoms with E-state index in [-0.39, 0.29) is 6.04 Å². The third-order valence-electron chi connectivity index (χ3n) is 3.79. The Morgan fingerprint density at radius 3 is 2.70 bits per heavy atom. The molecule has 1 aromatic heterocycles. The number of hydrogen-bond donors (Lipinski definition) is 1. The van der Waals surface area contributed by atoms with Gasteiger partial charge in [-0.05, 0) is 59.6 Å². The largest absolute Gasteiger partial charge is 0.329 e. The molecule has 0 saturated carbocycles. The van der Waals surface area contributed by atoms with Crippen LogP contribution < -0.4 is 5.73 Å². The molecule has 1 atom stereocenters. The van der Waals surface area contributed by atoms with Crippen molar-refractivity contribution in [1.82, 2.24) is 4.90 Å². The molecular weight excluding hydrogens is 332 g/mol. The molecule has 0 radical (unpaired) electrons. The topological polar surface area (TPSA) is 29.3 Å². The lowest BCUT2D eigenvalue weighted by Crippen LogP contribution is -2.30. The lowest BCUT2D eigenvalue weighted by molar-refractivity contribution is 0.243. The van der Waals surface area contributed by atoms with Gasteiger partial charge in [0, 0.05) is 33.9 Å². The third-order valence-corrected chi connectivity index (χ3v) is 5.47. The summed E-state index contributed by atoms with van der Waals surface area (Å²) in [6.07, 6.45) is 0. The van der Waals surface area contributed by atoms with Crippen LogP contribution in [0.5, 0.6) is 0 Å². The zero-order valence-electron chi connectivity index (χ0n) is 12.2. The van der Waals surface area contributed by atoms with E-state index in [1.807, 2.05) is 0 Å². The number of benzene rings is 1. The van der Waals surface area contributed by atoms with Crippen LogP contribution >= 0.6 is 27.3 Å². The van der Waals surface area contributed by atoms with Crippen LogP contribution in [0.15, 0.2) is 34.1 Å². The zero-order chi connectivity index (χ0) is 14.7. The molecule has 1 unspecified atom stereocenters. The highest BCUT2D eigenvalue weighted by Crippen LogP contribution is 2.27. The van der Waals surface area contributed by atoms with Gasteiger partial charge in [-0.3, -0.25) is 4.90 Å². The van der Waals surface area contributed by atoms with Gasteiger partial charge in [-0.1, -0.05) is 18.2 Å². The molecule has 1 aromatic carbocycles. The van der Waals surface area contributed by atoms with Gasteiger partial charge >= 0.3 is 0 Å². The summed E-state index contributed by atoms with van der Waals surface area (Å²) >= 11 is 5.29. The van der Waals surface area contributed by atoms with Crippen molar-refractivity contribution < 1.29 is 0 Å². The molecule has 2 aromatic rings. The summed E-state index contributed by atoms with van der Waals surface area (Å²) in [5.41, 5.74) is 10.1. The lowest BCUT2D eigenvalue weighted by atomic mass is 9.96. The molecule has 0 saturated heterocycles. The third kappa shape index (κ3) is 3.50. The van der Waals surface area contributed by atoms with Crippen molar-refractivity contribution in [2.45, 2.75) is 26.4 Å². The summed E-state index contributed by atoms with van der Waals surface area (Å²) in [5, 5.41) is 2.12. The van der Waals surface area contributed by atoms with Gasteiger partial charge in [0.25, 0.3) is 0 Å². The molecule has 0 fully saturated rings. The van der Waals surface area contributed by atoms with E-state index in [0.717, 1.165) is 11.0 Å². The predicted molar refractivity (Wildman–Crippen MR) is 91.2 cm³/mol. The molecule has 0 aliphatic heterocycles. The smallest absolute Gasteiger partial charge is 0.0474 e. The SMILES string of the molecule is Cc1cccc(C(CN)N(C)Cc2cc(Br)cs2)c1C. The van der Waals surface area contributed by atoms with Crippen LogP contribution in [0.1, 0.15) is 27.6 Å². The van der Waals surface area contributed by atoms with Crippen LogP contribution in [0.3, 0.4) is 0 Å². The van der Waals surface area contributed by atoms with E-state index in [1.165, 1.54) is 21.6 Å². The Bertz CT molecular complexity index is 580. The van der Waals surface area contributed by atoms with Gasteiger partial charge < -0.3 is 5.73 Å². The summed E-state index contributed by atoms with van der Waals surface area (Å²) in [6, 6.07) is 8.91. The summed E-state index contributed by atoms with van der Waals surface area (Å²) in [5.74, 6) is 0. The number of thiophene rings is 1. The van der Waals surface area contributed by atoms with Crippen molar-refractivity contribution in [3.05, 3.63) is 55.7 Å². The van der Waals surface area contributed by atoms with Crippen LogP contribution in [-0.2, 0) is 6.54 Å². The molecule has 2 nitrogen and oxygen atoms in total. The van der Waals surface area contributed by atoms with E-state index in [2.05, 4.69) is 71.4 Å². The normalized spacial score (nSPS) is 12.9. The van der Waals surface area contributed by atoms with E-state index in [4.69, 9.17) is 5.73 Å². The molecule has 2 N–H and O–H groups in total. The molecule has 2 rings (SSSR count). The average Bonchev–Trinajstić information content (AvgIpc) is 2.81. The van der Waals surface area contributed by atoms with E-state index >= 15 is 0 Å². The highest BCUT2D eigenvalue weighted by molar-refractivity contribution is 9.10. The minimum absolute atomic E-state index is 0.260. The van der Waals surface area contributed by atoms with Gasteiger partial charge in [-0.2, -0.15) is 0 Å². The molecular formula is C16H21BrN2S. The highest BCUT2D eigenvalue weighted by atomic mass is 79.9. The number of aryl methyl sites for hydroxylation is 1. The Morgan fingerprint density at radius 2 is 2.10 bits per heavy atom. The molecule has 20 heavy (non-hydrogen) atoms. The molecule has 108 valence electrons. The minimum atomic E-state index is 0.260. The van der Waals surface area contributed by atoms with Gasteiger partial charge in [0.05, 0.1) is 0 Å². The zero-order valence-corrected chi connectivity index (χ0v) is 14.6. The second-order valence-electron chi connectivity index (χ2n) is 5.19. The Labute approximate surface area is 133 Å². The first-order valence-electron chi connectivity index (χ1n) is 6.72. The molecule has 1 heterocycles. The highest BCUT2D eigenvalue weighted by Gasteiger charge is 2.18. The number of halogens is 1. The minimum Gasteiger partial charge on any atom is -0.329 e. The number of nitrogens with two attached hydrogens (primary N) is 1. The van der Waals surface area contributed by atoms with Gasteiger partial charge in [0.1, 0.15) is 0 Å². The summed E-state index contributed by atoms with van der Waals surface area (Å²) in [6.45, 7) is 5.89. The summed E-state index contributed by atoms with van der Waals surface area (Å²) < 4.78 is 1.15. The van der Waals surface area contributed by atoms with Crippen LogP contribution in [-0.4, -0.2) is 18.5 Å². The fraction of sp³-hybridized carbons (Fsp3) is 0.375. The Balaban J connectivity index is 2.20. The van der Waals surface area contributed by atoms with Crippen molar-refractivity contribution in [2.24, 2.45) is 5.73 Å². The number of nitrogens with zero attached hydrogens (tertiary/aromatic N) is 1. The Morgan fingerprint density at radius 1 is 1.35 bits per heavy atom. The van der Waals surface area contributed by atoms with Gasteiger partial charge in [0.15, 0.2) is 0 Å². The van der Waals surface area contributed by atoms with Crippen LogP contribution in [0.25, 0.3) is 0 Å². The maximum Gasteiger partial charge on any atom is 0.0474 e. The monoisotopic (exact) mass is 352 g/mol. The number of rotatable bonds is 5. The first-order valence-corrected chi connectivity index (χ1v) is 8.39. The molecule has 0 spiro atoms. The summed E-state index contributed by atoms with van der Waals surface area (Å²) in [4.78, 5) is 3.68. The molecule has 0 bridgehead atoms. The number of likely N-dealkylation sites (N-methyl/N-ethyl adjacent to an activating group) is 1. The fourth-order valence-corrected chi connectivity index (χ4v) is 3.99. The average molecular weight is 353 g/mol. The standard InChI is InChI=1S/C16H21BrN2S/c1-11-5-4-6-15(12(11)2)16(8-18)19(3)9-14-7-13(17)10-20-14/h4-7,10,16H,8-9,18H2,1-3H3. The molecule has 0 aliphatic rings. The Kier molecular flexibility index (Phi) is 5.38. The maximum absolute atomic E-state index is 6.04. The van der Waals surface area contributed by atoms with Crippen LogP contribution in [0.4, 0.5) is 0 Å². The lowest BCUT2D eigenvalue weighted by Gasteiger charge is -2.28. The first-order chi connectivity index (χ1) is 9.52. The van der Waals surface area contributed by atoms with E-state index < -0.39 is 0 Å². The van der Waals surface area contributed by atoms with Gasteiger partial charge in [0.2, 0.25) is 0 Å². The fourth-order valence-electron chi connectivity index (χ4n) is 2.47. The predicted octanol–water partition coefficient (Wildman–Crippen LogP) is 4.26. The van der Waals surface area contributed by atoms with E-state index in [9.17, 15) is 0 Å². The first kappa shape index (κ1) is 15.7. The second-order valence-corrected chi connectivity index (χ2v) is 7.10. The van der Waals surface area contributed by atoms with Crippen molar-refractivity contribution in [3.63, 3.8) is 0 Å². The van der Waals surface area contributed by atoms with Crippen molar-refractivity contribution >= 4 is 27.3 Å². The maximum atomic E-state index is 6.04. The second kappa shape index (κ2) is 6.85. The quantitative estimate of drug-likeness (QED) is 0.870. The van der Waals surface area contributed by atoms with Gasteiger partial charge in [-0.15, -0.1) is 11.3 Å². The van der Waals surface area contributed by atoms with E-state index in [1.54, 1.807) is 11.3 Å². The van der Waals surface area contributed by atoms with Crippen molar-refractivity contribution in [2.75, 3.05) is 13.6 Å². The summed E-state index contributed by atoms with van der Waals surface area (Å²) in [7, 11) is 2.15. The van der Waals surface area contributed by atoms with Crippen LogP contribution in [0.2, 0.25) is 0 Å². The van der Waals surface area contributed by atoms with Crippen molar-refractivity contribution in [1.29, 1.82) is 0 Å². The number of hydrogen-bond acceptors (Lipinski definition) is 3. The molecule has 0 amide bonds. The van der Waals surface area contributed by atoms with Crippen LogP contribution in [0, 0.1) is 13.8 Å². The van der Waals surface area contributed by atoms with E-state index in [0.29, 0.717) is 6.54 Å². The Hall–Kier alpha value is -0.680. The molecule has 4 heteroatoms.